The number of imide groups is 1. The molecule has 3 rings (SSSR count). The van der Waals surface area contributed by atoms with E-state index in [4.69, 9.17) is 10.5 Å². The van der Waals surface area contributed by atoms with Crippen LogP contribution in [0.3, 0.4) is 0 Å². The molecule has 0 saturated carbocycles. The first kappa shape index (κ1) is 20.1. The van der Waals surface area contributed by atoms with Gasteiger partial charge in [-0.1, -0.05) is 18.2 Å². The van der Waals surface area contributed by atoms with Gasteiger partial charge >= 0.3 is 0 Å². The van der Waals surface area contributed by atoms with E-state index in [1.54, 1.807) is 36.4 Å². The number of ether oxygens (including phenoxy) is 1. The zero-order valence-corrected chi connectivity index (χ0v) is 15.8. The van der Waals surface area contributed by atoms with Gasteiger partial charge in [-0.2, -0.15) is 0 Å². The Balaban J connectivity index is 1.76. The van der Waals surface area contributed by atoms with Crippen LogP contribution in [0.5, 0.6) is 5.75 Å². The summed E-state index contributed by atoms with van der Waals surface area (Å²) in [4.78, 5) is 46.5. The standard InChI is InChI=1S/C19H15N3O6S/c20-17(23)10-21-18(24)16(29-19(21)25)9-13-3-1-2-4-15(13)28-11-12-5-7-14(8-6-12)22(26)27/h1-9H,10-11H2,(H2,20,23)/b16-9-. The summed E-state index contributed by atoms with van der Waals surface area (Å²) in [5, 5.41) is 10.2. The van der Waals surface area contributed by atoms with E-state index < -0.39 is 28.5 Å². The van der Waals surface area contributed by atoms with Crippen molar-refractivity contribution in [3.8, 4) is 5.75 Å². The van der Waals surface area contributed by atoms with Crippen molar-refractivity contribution in [2.24, 2.45) is 5.73 Å². The van der Waals surface area contributed by atoms with Crippen LogP contribution in [0.4, 0.5) is 10.5 Å². The number of nitro groups is 1. The number of carbonyl (C=O) groups is 3. The molecule has 1 aliphatic heterocycles. The second-order valence-electron chi connectivity index (χ2n) is 5.98. The van der Waals surface area contributed by atoms with Crippen LogP contribution < -0.4 is 10.5 Å². The van der Waals surface area contributed by atoms with Crippen molar-refractivity contribution in [1.29, 1.82) is 0 Å². The van der Waals surface area contributed by atoms with E-state index in [0.717, 1.165) is 22.2 Å². The first-order valence-electron chi connectivity index (χ1n) is 8.34. The molecule has 1 heterocycles. The van der Waals surface area contributed by atoms with Crippen LogP contribution in [0.15, 0.2) is 53.4 Å². The maximum atomic E-state index is 12.3. The minimum Gasteiger partial charge on any atom is -0.488 e. The quantitative estimate of drug-likeness (QED) is 0.419. The highest BCUT2D eigenvalue weighted by atomic mass is 32.2. The van der Waals surface area contributed by atoms with E-state index in [2.05, 4.69) is 0 Å². The molecule has 0 radical (unpaired) electrons. The summed E-state index contributed by atoms with van der Waals surface area (Å²) in [6.07, 6.45) is 1.51. The van der Waals surface area contributed by atoms with E-state index >= 15 is 0 Å². The van der Waals surface area contributed by atoms with Crippen LogP contribution in [0.1, 0.15) is 11.1 Å². The Morgan fingerprint density at radius 3 is 2.52 bits per heavy atom. The molecule has 0 atom stereocenters. The van der Waals surface area contributed by atoms with Gasteiger partial charge in [-0.15, -0.1) is 0 Å². The molecule has 1 saturated heterocycles. The highest BCUT2D eigenvalue weighted by Crippen LogP contribution is 2.34. The van der Waals surface area contributed by atoms with E-state index in [-0.39, 0.29) is 17.2 Å². The lowest BCUT2D eigenvalue weighted by atomic mass is 10.1. The maximum Gasteiger partial charge on any atom is 0.294 e. The van der Waals surface area contributed by atoms with Gasteiger partial charge in [-0.25, -0.2) is 0 Å². The molecule has 0 bridgehead atoms. The minimum absolute atomic E-state index is 0.0131. The Labute approximate surface area is 169 Å². The van der Waals surface area contributed by atoms with Crippen molar-refractivity contribution in [2.45, 2.75) is 6.61 Å². The van der Waals surface area contributed by atoms with Gasteiger partial charge in [0.25, 0.3) is 16.8 Å². The van der Waals surface area contributed by atoms with Gasteiger partial charge in [0.15, 0.2) is 0 Å². The fourth-order valence-electron chi connectivity index (χ4n) is 2.54. The van der Waals surface area contributed by atoms with Crippen molar-refractivity contribution in [3.63, 3.8) is 0 Å². The number of para-hydroxylation sites is 1. The first-order chi connectivity index (χ1) is 13.8. The number of carbonyl (C=O) groups excluding carboxylic acids is 3. The fraction of sp³-hybridized carbons (Fsp3) is 0.105. The van der Waals surface area contributed by atoms with Gasteiger partial charge in [0, 0.05) is 17.7 Å². The third-order valence-electron chi connectivity index (χ3n) is 3.93. The number of non-ortho nitro benzene ring substituents is 1. The zero-order valence-electron chi connectivity index (χ0n) is 14.9. The molecule has 0 aliphatic carbocycles. The highest BCUT2D eigenvalue weighted by Gasteiger charge is 2.36. The van der Waals surface area contributed by atoms with Crippen molar-refractivity contribution in [2.75, 3.05) is 6.54 Å². The highest BCUT2D eigenvalue weighted by molar-refractivity contribution is 8.18. The third kappa shape index (κ3) is 4.79. The van der Waals surface area contributed by atoms with Crippen LogP contribution in [0.25, 0.3) is 6.08 Å². The Bertz CT molecular complexity index is 1020. The number of rotatable bonds is 7. The number of nitrogens with zero attached hydrogens (tertiary/aromatic N) is 2. The number of hydrogen-bond acceptors (Lipinski definition) is 7. The van der Waals surface area contributed by atoms with Crippen LogP contribution in [0, 0.1) is 10.1 Å². The summed E-state index contributed by atoms with van der Waals surface area (Å²) < 4.78 is 5.78. The number of nitrogens with two attached hydrogens (primary N) is 1. The summed E-state index contributed by atoms with van der Waals surface area (Å²) >= 11 is 0.717. The molecule has 2 aromatic carbocycles. The molecule has 148 valence electrons. The number of nitro benzene ring substituents is 1. The molecule has 9 nitrogen and oxygen atoms in total. The average molecular weight is 413 g/mol. The molecule has 1 aliphatic rings. The minimum atomic E-state index is -0.777. The van der Waals surface area contributed by atoms with Gasteiger partial charge in [-0.3, -0.25) is 29.4 Å². The normalized spacial score (nSPS) is 15.0. The molecule has 10 heteroatoms. The fourth-order valence-corrected chi connectivity index (χ4v) is 3.37. The maximum absolute atomic E-state index is 12.3. The molecule has 0 spiro atoms. The molecule has 3 amide bonds. The predicted molar refractivity (Wildman–Crippen MR) is 106 cm³/mol. The van der Waals surface area contributed by atoms with E-state index in [9.17, 15) is 24.5 Å². The molecular formula is C19H15N3O6S. The molecule has 2 aromatic rings. The Hall–Kier alpha value is -3.66. The van der Waals surface area contributed by atoms with Crippen molar-refractivity contribution < 1.29 is 24.0 Å². The topological polar surface area (TPSA) is 133 Å². The van der Waals surface area contributed by atoms with Crippen LogP contribution in [0.2, 0.25) is 0 Å². The molecule has 2 N–H and O–H groups in total. The van der Waals surface area contributed by atoms with E-state index in [1.165, 1.54) is 18.2 Å². The van der Waals surface area contributed by atoms with Crippen molar-refractivity contribution in [3.05, 3.63) is 74.7 Å². The number of thioether (sulfide) groups is 1. The first-order valence-corrected chi connectivity index (χ1v) is 9.15. The summed E-state index contributed by atoms with van der Waals surface area (Å²) in [5.74, 6) is -0.906. The van der Waals surface area contributed by atoms with Crippen LogP contribution in [-0.4, -0.2) is 33.4 Å². The molecular weight excluding hydrogens is 398 g/mol. The van der Waals surface area contributed by atoms with E-state index in [1.807, 2.05) is 0 Å². The molecule has 0 aromatic heterocycles. The van der Waals surface area contributed by atoms with Gasteiger partial charge in [0.1, 0.15) is 18.9 Å². The second kappa shape index (κ2) is 8.57. The van der Waals surface area contributed by atoms with Gasteiger partial charge in [0.2, 0.25) is 5.91 Å². The molecule has 1 fully saturated rings. The monoisotopic (exact) mass is 413 g/mol. The van der Waals surface area contributed by atoms with Crippen LogP contribution in [-0.2, 0) is 16.2 Å². The Kier molecular flexibility index (Phi) is 5.93. The Morgan fingerprint density at radius 1 is 1.17 bits per heavy atom. The smallest absolute Gasteiger partial charge is 0.294 e. The predicted octanol–water partition coefficient (Wildman–Crippen LogP) is 2.70. The van der Waals surface area contributed by atoms with Gasteiger partial charge in [-0.05, 0) is 41.6 Å². The summed E-state index contributed by atoms with van der Waals surface area (Å²) in [5.41, 5.74) is 6.35. The number of amides is 3. The lowest BCUT2D eigenvalue weighted by Crippen LogP contribution is -2.36. The number of benzene rings is 2. The summed E-state index contributed by atoms with van der Waals surface area (Å²) in [6.45, 7) is -0.313. The SMILES string of the molecule is NC(=O)CN1C(=O)S/C(=C\c2ccccc2OCc2ccc([N+](=O)[O-])cc2)C1=O. The van der Waals surface area contributed by atoms with Crippen molar-refractivity contribution in [1.82, 2.24) is 4.90 Å². The average Bonchev–Trinajstić information content (AvgIpc) is 2.94. The lowest BCUT2D eigenvalue weighted by Gasteiger charge is -2.10. The number of hydrogen-bond donors (Lipinski definition) is 1. The second-order valence-corrected chi connectivity index (χ2v) is 6.98. The summed E-state index contributed by atoms with van der Waals surface area (Å²) in [6, 6.07) is 12.9. The largest absolute Gasteiger partial charge is 0.488 e. The van der Waals surface area contributed by atoms with Crippen LogP contribution >= 0.6 is 11.8 Å². The van der Waals surface area contributed by atoms with Crippen molar-refractivity contribution >= 4 is 40.6 Å². The van der Waals surface area contributed by atoms with Gasteiger partial charge in [0.05, 0.1) is 9.83 Å². The third-order valence-corrected chi connectivity index (χ3v) is 4.84. The molecule has 0 unspecified atom stereocenters. The molecule has 29 heavy (non-hydrogen) atoms. The number of primary amides is 1. The Morgan fingerprint density at radius 2 is 1.86 bits per heavy atom. The van der Waals surface area contributed by atoms with E-state index in [0.29, 0.717) is 11.3 Å². The lowest BCUT2D eigenvalue weighted by molar-refractivity contribution is -0.384. The van der Waals surface area contributed by atoms with Gasteiger partial charge < -0.3 is 10.5 Å². The summed E-state index contributed by atoms with van der Waals surface area (Å²) in [7, 11) is 0. The zero-order chi connectivity index (χ0) is 21.0.